The van der Waals surface area contributed by atoms with Crippen molar-refractivity contribution >= 4 is 12.2 Å². The maximum absolute atomic E-state index is 11.5. The van der Waals surface area contributed by atoms with Gasteiger partial charge < -0.3 is 4.79 Å². The zero-order valence-electron chi connectivity index (χ0n) is 8.41. The van der Waals surface area contributed by atoms with Gasteiger partial charge in [0, 0.05) is 32.0 Å². The summed E-state index contributed by atoms with van der Waals surface area (Å²) in [6, 6.07) is 0. The molecule has 0 aromatic heterocycles. The molecule has 1 saturated heterocycles. The quantitative estimate of drug-likeness (QED) is 0.597. The summed E-state index contributed by atoms with van der Waals surface area (Å²) in [4.78, 5) is 21.7. The number of nitrogens with zero attached hydrogens (tertiary/aromatic N) is 2. The van der Waals surface area contributed by atoms with E-state index in [0.29, 0.717) is 19.4 Å². The van der Waals surface area contributed by atoms with Crippen LogP contribution in [0.4, 0.5) is 0 Å². The predicted octanol–water partition coefficient (Wildman–Crippen LogP) is 0.433. The van der Waals surface area contributed by atoms with Crippen LogP contribution < -0.4 is 0 Å². The molecule has 0 atom stereocenters. The molecular weight excluding hydrogens is 168 g/mol. The first-order chi connectivity index (χ1) is 5.99. The van der Waals surface area contributed by atoms with Gasteiger partial charge in [0.15, 0.2) is 0 Å². The Labute approximate surface area is 78.5 Å². The van der Waals surface area contributed by atoms with E-state index in [0.717, 1.165) is 6.29 Å². The van der Waals surface area contributed by atoms with E-state index in [9.17, 15) is 9.59 Å². The molecular formula is C9H16N2O2. The van der Waals surface area contributed by atoms with Crippen molar-refractivity contribution in [3.63, 3.8) is 0 Å². The molecule has 1 rings (SSSR count). The molecule has 0 bridgehead atoms. The van der Waals surface area contributed by atoms with Crippen molar-refractivity contribution in [3.8, 4) is 0 Å². The number of carbonyl (C=O) groups is 2. The summed E-state index contributed by atoms with van der Waals surface area (Å²) in [6.07, 6.45) is 1.78. The fraction of sp³-hybridized carbons (Fsp3) is 0.778. The highest BCUT2D eigenvalue weighted by molar-refractivity contribution is 5.79. The number of hydrogen-bond acceptors (Lipinski definition) is 3. The van der Waals surface area contributed by atoms with Crippen LogP contribution in [-0.2, 0) is 9.59 Å². The average molecular weight is 184 g/mol. The van der Waals surface area contributed by atoms with Crippen molar-refractivity contribution in [2.45, 2.75) is 32.2 Å². The van der Waals surface area contributed by atoms with Crippen molar-refractivity contribution in [1.29, 1.82) is 0 Å². The SMILES string of the molecule is CN1N(CCC=O)C(=O)CC1(C)C. The molecule has 4 heteroatoms. The second-order valence-corrected chi connectivity index (χ2v) is 3.99. The lowest BCUT2D eigenvalue weighted by Gasteiger charge is -2.32. The molecule has 4 nitrogen and oxygen atoms in total. The molecule has 1 aliphatic heterocycles. The Balaban J connectivity index is 2.65. The standard InChI is InChI=1S/C9H16N2O2/c1-9(2)7-8(13)11(10(9)3)5-4-6-12/h6H,4-5,7H2,1-3H3. The highest BCUT2D eigenvalue weighted by Crippen LogP contribution is 2.27. The van der Waals surface area contributed by atoms with Crippen LogP contribution in [0.25, 0.3) is 0 Å². The Morgan fingerprint density at radius 1 is 1.54 bits per heavy atom. The molecule has 0 saturated carbocycles. The van der Waals surface area contributed by atoms with Crippen molar-refractivity contribution in [2.24, 2.45) is 0 Å². The Bertz CT molecular complexity index is 226. The minimum atomic E-state index is -0.111. The molecule has 74 valence electrons. The third-order valence-electron chi connectivity index (χ3n) is 2.57. The third-order valence-corrected chi connectivity index (χ3v) is 2.57. The minimum Gasteiger partial charge on any atom is -0.303 e. The number of hydrazine groups is 1. The minimum absolute atomic E-state index is 0.106. The van der Waals surface area contributed by atoms with E-state index in [1.807, 2.05) is 25.9 Å². The monoisotopic (exact) mass is 184 g/mol. The molecule has 1 aliphatic rings. The highest BCUT2D eigenvalue weighted by Gasteiger charge is 2.40. The van der Waals surface area contributed by atoms with Crippen LogP contribution in [0.2, 0.25) is 0 Å². The molecule has 0 aliphatic carbocycles. The summed E-state index contributed by atoms with van der Waals surface area (Å²) in [5, 5.41) is 3.56. The number of amides is 1. The first kappa shape index (κ1) is 10.2. The normalized spacial score (nSPS) is 22.4. The van der Waals surface area contributed by atoms with E-state index >= 15 is 0 Å². The summed E-state index contributed by atoms with van der Waals surface area (Å²) < 4.78 is 0. The molecule has 1 fully saturated rings. The van der Waals surface area contributed by atoms with Gasteiger partial charge in [-0.05, 0) is 13.8 Å². The van der Waals surface area contributed by atoms with Crippen LogP contribution in [0.5, 0.6) is 0 Å². The summed E-state index contributed by atoms with van der Waals surface area (Å²) in [5.41, 5.74) is -0.111. The van der Waals surface area contributed by atoms with E-state index in [-0.39, 0.29) is 11.4 Å². The van der Waals surface area contributed by atoms with Crippen molar-refractivity contribution in [3.05, 3.63) is 0 Å². The zero-order chi connectivity index (χ0) is 10.1. The molecule has 1 heterocycles. The number of aldehydes is 1. The van der Waals surface area contributed by atoms with E-state index in [1.165, 1.54) is 0 Å². The van der Waals surface area contributed by atoms with Gasteiger partial charge in [0.1, 0.15) is 6.29 Å². The van der Waals surface area contributed by atoms with E-state index < -0.39 is 0 Å². The van der Waals surface area contributed by atoms with Crippen LogP contribution >= 0.6 is 0 Å². The van der Waals surface area contributed by atoms with E-state index in [2.05, 4.69) is 0 Å². The lowest BCUT2D eigenvalue weighted by Crippen LogP contribution is -2.44. The van der Waals surface area contributed by atoms with Crippen LogP contribution in [-0.4, -0.2) is 41.3 Å². The molecule has 1 amide bonds. The summed E-state index contributed by atoms with van der Waals surface area (Å²) in [7, 11) is 1.88. The van der Waals surface area contributed by atoms with Gasteiger partial charge in [-0.2, -0.15) is 0 Å². The van der Waals surface area contributed by atoms with Gasteiger partial charge in [0.25, 0.3) is 0 Å². The number of hydrogen-bond donors (Lipinski definition) is 0. The summed E-state index contributed by atoms with van der Waals surface area (Å²) in [5.74, 6) is 0.106. The topological polar surface area (TPSA) is 40.6 Å². The van der Waals surface area contributed by atoms with Crippen molar-refractivity contribution in [2.75, 3.05) is 13.6 Å². The zero-order valence-corrected chi connectivity index (χ0v) is 8.41. The van der Waals surface area contributed by atoms with E-state index in [1.54, 1.807) is 5.01 Å². The van der Waals surface area contributed by atoms with Gasteiger partial charge in [-0.15, -0.1) is 0 Å². The fourth-order valence-electron chi connectivity index (χ4n) is 1.52. The highest BCUT2D eigenvalue weighted by atomic mass is 16.2. The Morgan fingerprint density at radius 2 is 2.15 bits per heavy atom. The molecule has 0 aromatic carbocycles. The fourth-order valence-corrected chi connectivity index (χ4v) is 1.52. The van der Waals surface area contributed by atoms with Crippen molar-refractivity contribution < 1.29 is 9.59 Å². The van der Waals surface area contributed by atoms with Crippen LogP contribution in [0, 0.1) is 0 Å². The average Bonchev–Trinajstić information content (AvgIpc) is 2.21. The maximum atomic E-state index is 11.5. The largest absolute Gasteiger partial charge is 0.303 e. The van der Waals surface area contributed by atoms with Crippen LogP contribution in [0.1, 0.15) is 26.7 Å². The summed E-state index contributed by atoms with van der Waals surface area (Å²) in [6.45, 7) is 4.54. The molecule has 0 radical (unpaired) electrons. The Hall–Kier alpha value is -0.900. The first-order valence-electron chi connectivity index (χ1n) is 4.47. The van der Waals surface area contributed by atoms with Crippen molar-refractivity contribution in [1.82, 2.24) is 10.0 Å². The van der Waals surface area contributed by atoms with Gasteiger partial charge in [-0.1, -0.05) is 0 Å². The third kappa shape index (κ3) is 1.88. The number of rotatable bonds is 3. The van der Waals surface area contributed by atoms with Gasteiger partial charge in [-0.3, -0.25) is 9.80 Å². The second-order valence-electron chi connectivity index (χ2n) is 3.99. The van der Waals surface area contributed by atoms with Gasteiger partial charge in [0.2, 0.25) is 5.91 Å². The van der Waals surface area contributed by atoms with Gasteiger partial charge >= 0.3 is 0 Å². The lowest BCUT2D eigenvalue weighted by molar-refractivity contribution is -0.138. The molecule has 0 spiro atoms. The van der Waals surface area contributed by atoms with Gasteiger partial charge in [-0.25, -0.2) is 5.01 Å². The first-order valence-corrected chi connectivity index (χ1v) is 4.47. The second kappa shape index (κ2) is 3.46. The van der Waals surface area contributed by atoms with Crippen LogP contribution in [0.3, 0.4) is 0 Å². The smallest absolute Gasteiger partial charge is 0.238 e. The molecule has 0 aromatic rings. The predicted molar refractivity (Wildman–Crippen MR) is 48.9 cm³/mol. The Kier molecular flexibility index (Phi) is 2.71. The molecule has 13 heavy (non-hydrogen) atoms. The summed E-state index contributed by atoms with van der Waals surface area (Å²) >= 11 is 0. The maximum Gasteiger partial charge on any atom is 0.238 e. The van der Waals surface area contributed by atoms with Gasteiger partial charge in [0.05, 0.1) is 0 Å². The number of carbonyl (C=O) groups excluding carboxylic acids is 2. The molecule has 0 N–H and O–H groups in total. The van der Waals surface area contributed by atoms with E-state index in [4.69, 9.17) is 0 Å². The van der Waals surface area contributed by atoms with Crippen LogP contribution in [0.15, 0.2) is 0 Å². The lowest BCUT2D eigenvalue weighted by atomic mass is 10.0. The molecule has 0 unspecified atom stereocenters. The Morgan fingerprint density at radius 3 is 2.54 bits per heavy atom.